The van der Waals surface area contributed by atoms with Gasteiger partial charge in [-0.2, -0.15) is 4.98 Å². The highest BCUT2D eigenvalue weighted by molar-refractivity contribution is 7.12. The Hall–Kier alpha value is -2.09. The smallest absolute Gasteiger partial charge is 0.232 e. The Morgan fingerprint density at radius 3 is 2.80 bits per heavy atom. The molecule has 1 aromatic carbocycles. The molecule has 1 saturated heterocycles. The number of nitrogens with zero attached hydrogens (tertiary/aromatic N) is 3. The second kappa shape index (κ2) is 7.03. The van der Waals surface area contributed by atoms with Crippen molar-refractivity contribution in [2.75, 3.05) is 19.8 Å². The van der Waals surface area contributed by atoms with Gasteiger partial charge in [0.15, 0.2) is 5.82 Å². The third kappa shape index (κ3) is 3.63. The van der Waals surface area contributed by atoms with Gasteiger partial charge in [0.25, 0.3) is 0 Å². The van der Waals surface area contributed by atoms with Gasteiger partial charge < -0.3 is 14.6 Å². The summed E-state index contributed by atoms with van der Waals surface area (Å²) in [6, 6.07) is 8.43. The van der Waals surface area contributed by atoms with E-state index in [-0.39, 0.29) is 6.04 Å². The molecule has 7 heteroatoms. The molecule has 3 heterocycles. The fourth-order valence-corrected chi connectivity index (χ4v) is 3.83. The van der Waals surface area contributed by atoms with Crippen molar-refractivity contribution in [2.24, 2.45) is 0 Å². The maximum atomic E-state index is 5.46. The molecule has 1 aliphatic heterocycles. The van der Waals surface area contributed by atoms with E-state index in [0.717, 1.165) is 34.3 Å². The Morgan fingerprint density at radius 2 is 2.04 bits per heavy atom. The molecular weight excluding hydrogens is 336 g/mol. The summed E-state index contributed by atoms with van der Waals surface area (Å²) < 4.78 is 10.9. The third-order valence-corrected chi connectivity index (χ3v) is 5.13. The zero-order valence-corrected chi connectivity index (χ0v) is 15.1. The van der Waals surface area contributed by atoms with Crippen LogP contribution in [0.25, 0.3) is 11.3 Å². The van der Waals surface area contributed by atoms with Crippen LogP contribution in [0.5, 0.6) is 0 Å². The molecule has 1 N–H and O–H groups in total. The van der Waals surface area contributed by atoms with Gasteiger partial charge in [-0.05, 0) is 13.8 Å². The molecule has 3 aromatic rings. The number of aromatic nitrogens is 3. The van der Waals surface area contributed by atoms with Gasteiger partial charge in [-0.25, -0.2) is 4.98 Å². The number of hydrogen-bond acceptors (Lipinski definition) is 7. The number of ether oxygens (including phenoxy) is 1. The van der Waals surface area contributed by atoms with E-state index in [1.165, 1.54) is 5.56 Å². The van der Waals surface area contributed by atoms with Crippen molar-refractivity contribution in [3.8, 4) is 11.3 Å². The Morgan fingerprint density at radius 1 is 1.20 bits per heavy atom. The highest BCUT2D eigenvalue weighted by atomic mass is 32.1. The molecule has 0 aliphatic carbocycles. The molecule has 0 radical (unpaired) electrons. The summed E-state index contributed by atoms with van der Waals surface area (Å²) >= 11 is 1.67. The SMILES string of the molecule is Cc1ccc(-c2nc(C)sc2Cc2nc([C@H]3COCCN3)no2)cc1. The van der Waals surface area contributed by atoms with E-state index in [9.17, 15) is 0 Å². The highest BCUT2D eigenvalue weighted by Gasteiger charge is 2.22. The van der Waals surface area contributed by atoms with E-state index < -0.39 is 0 Å². The molecule has 0 saturated carbocycles. The van der Waals surface area contributed by atoms with Crippen LogP contribution in [0, 0.1) is 13.8 Å². The van der Waals surface area contributed by atoms with Crippen molar-refractivity contribution < 1.29 is 9.26 Å². The van der Waals surface area contributed by atoms with Gasteiger partial charge in [0.1, 0.15) is 0 Å². The predicted octanol–water partition coefficient (Wildman–Crippen LogP) is 3.06. The first-order valence-corrected chi connectivity index (χ1v) is 9.17. The minimum atomic E-state index is 0.00557. The largest absolute Gasteiger partial charge is 0.378 e. The zero-order valence-electron chi connectivity index (χ0n) is 14.3. The number of hydrogen-bond donors (Lipinski definition) is 1. The summed E-state index contributed by atoms with van der Waals surface area (Å²) in [6.07, 6.45) is 0.593. The second-order valence-electron chi connectivity index (χ2n) is 6.18. The van der Waals surface area contributed by atoms with E-state index in [4.69, 9.17) is 14.2 Å². The van der Waals surface area contributed by atoms with Gasteiger partial charge in [0.2, 0.25) is 5.89 Å². The van der Waals surface area contributed by atoms with Crippen LogP contribution in [0.2, 0.25) is 0 Å². The van der Waals surface area contributed by atoms with Gasteiger partial charge in [-0.1, -0.05) is 35.0 Å². The molecule has 130 valence electrons. The normalized spacial score (nSPS) is 17.8. The molecular formula is C18H20N4O2S. The predicted molar refractivity (Wildman–Crippen MR) is 95.7 cm³/mol. The van der Waals surface area contributed by atoms with Gasteiger partial charge in [-0.3, -0.25) is 0 Å². The number of nitrogens with one attached hydrogen (secondary N) is 1. The topological polar surface area (TPSA) is 73.1 Å². The van der Waals surface area contributed by atoms with Crippen LogP contribution in [0.4, 0.5) is 0 Å². The average Bonchev–Trinajstić information content (AvgIpc) is 3.23. The molecule has 1 aliphatic rings. The number of benzene rings is 1. The van der Waals surface area contributed by atoms with Crippen LogP contribution in [0.1, 0.15) is 33.2 Å². The van der Waals surface area contributed by atoms with Crippen molar-refractivity contribution >= 4 is 11.3 Å². The Balaban J connectivity index is 1.57. The Bertz CT molecular complexity index is 850. The molecule has 1 atom stereocenters. The molecule has 0 amide bonds. The van der Waals surface area contributed by atoms with E-state index in [1.807, 2.05) is 6.92 Å². The summed E-state index contributed by atoms with van der Waals surface area (Å²) in [6.45, 7) is 6.21. The minimum Gasteiger partial charge on any atom is -0.378 e. The number of morpholine rings is 1. The third-order valence-electron chi connectivity index (χ3n) is 4.16. The molecule has 0 unspecified atom stereocenters. The molecule has 2 aromatic heterocycles. The molecule has 4 rings (SSSR count). The molecule has 1 fully saturated rings. The lowest BCUT2D eigenvalue weighted by Crippen LogP contribution is -2.35. The standard InChI is InChI=1S/C18H20N4O2S/c1-11-3-5-13(6-4-11)17-15(25-12(2)20-17)9-16-21-18(22-24-16)14-10-23-8-7-19-14/h3-6,14,19H,7-10H2,1-2H3/t14-/m1/s1. The zero-order chi connectivity index (χ0) is 17.2. The summed E-state index contributed by atoms with van der Waals surface area (Å²) in [5.41, 5.74) is 3.36. The second-order valence-corrected chi connectivity index (χ2v) is 7.46. The average molecular weight is 356 g/mol. The lowest BCUT2D eigenvalue weighted by molar-refractivity contribution is 0.0734. The van der Waals surface area contributed by atoms with Gasteiger partial charge in [-0.15, -0.1) is 11.3 Å². The monoisotopic (exact) mass is 356 g/mol. The van der Waals surface area contributed by atoms with E-state index in [1.54, 1.807) is 11.3 Å². The van der Waals surface area contributed by atoms with Crippen LogP contribution in [-0.4, -0.2) is 34.9 Å². The van der Waals surface area contributed by atoms with Gasteiger partial charge in [0, 0.05) is 17.0 Å². The Labute approximate surface area is 150 Å². The minimum absolute atomic E-state index is 0.00557. The van der Waals surface area contributed by atoms with Crippen LogP contribution >= 0.6 is 11.3 Å². The first-order chi connectivity index (χ1) is 12.2. The maximum absolute atomic E-state index is 5.46. The lowest BCUT2D eigenvalue weighted by atomic mass is 10.1. The van der Waals surface area contributed by atoms with Crippen LogP contribution in [0.15, 0.2) is 28.8 Å². The fraction of sp³-hybridized carbons (Fsp3) is 0.389. The van der Waals surface area contributed by atoms with Crippen molar-refractivity contribution in [1.29, 1.82) is 0 Å². The van der Waals surface area contributed by atoms with Gasteiger partial charge >= 0.3 is 0 Å². The van der Waals surface area contributed by atoms with Crippen LogP contribution in [0.3, 0.4) is 0 Å². The summed E-state index contributed by atoms with van der Waals surface area (Å²) in [5, 5.41) is 8.49. The summed E-state index contributed by atoms with van der Waals surface area (Å²) in [4.78, 5) is 10.4. The molecule has 25 heavy (non-hydrogen) atoms. The number of thiazole rings is 1. The number of rotatable bonds is 4. The summed E-state index contributed by atoms with van der Waals surface area (Å²) in [7, 11) is 0. The van der Waals surface area contributed by atoms with Crippen LogP contribution in [-0.2, 0) is 11.2 Å². The molecule has 6 nitrogen and oxygen atoms in total. The van der Waals surface area contributed by atoms with Crippen molar-refractivity contribution in [2.45, 2.75) is 26.3 Å². The van der Waals surface area contributed by atoms with Crippen molar-refractivity contribution in [3.63, 3.8) is 0 Å². The summed E-state index contributed by atoms with van der Waals surface area (Å²) in [5.74, 6) is 1.27. The highest BCUT2D eigenvalue weighted by Crippen LogP contribution is 2.30. The van der Waals surface area contributed by atoms with Crippen LogP contribution < -0.4 is 5.32 Å². The maximum Gasteiger partial charge on any atom is 0.232 e. The molecule has 0 spiro atoms. The van der Waals surface area contributed by atoms with Gasteiger partial charge in [0.05, 0.1) is 36.4 Å². The van der Waals surface area contributed by atoms with E-state index in [2.05, 4.69) is 46.6 Å². The van der Waals surface area contributed by atoms with Crippen molar-refractivity contribution in [3.05, 3.63) is 51.4 Å². The number of aryl methyl sites for hydroxylation is 2. The first-order valence-electron chi connectivity index (χ1n) is 8.36. The van der Waals surface area contributed by atoms with E-state index >= 15 is 0 Å². The quantitative estimate of drug-likeness (QED) is 0.774. The Kier molecular flexibility index (Phi) is 4.61. The van der Waals surface area contributed by atoms with E-state index in [0.29, 0.717) is 24.7 Å². The first kappa shape index (κ1) is 16.4. The fourth-order valence-electron chi connectivity index (χ4n) is 2.88. The molecule has 0 bridgehead atoms. The van der Waals surface area contributed by atoms with Crippen molar-refractivity contribution in [1.82, 2.24) is 20.4 Å². The lowest BCUT2D eigenvalue weighted by Gasteiger charge is -2.20.